The van der Waals surface area contributed by atoms with Gasteiger partial charge >= 0.3 is 5.69 Å². The second-order valence-electron chi connectivity index (χ2n) is 10.2. The third-order valence-electron chi connectivity index (χ3n) is 8.12. The average molecular weight is 509 g/mol. The fourth-order valence-corrected chi connectivity index (χ4v) is 8.56. The molecule has 10 nitrogen and oxygen atoms in total. The quantitative estimate of drug-likeness (QED) is 0.558. The molecule has 1 aromatic rings. The first-order valence-electron chi connectivity index (χ1n) is 12.8. The topological polar surface area (TPSA) is 104 Å². The van der Waals surface area contributed by atoms with Gasteiger partial charge in [-0.2, -0.15) is 4.98 Å². The molecule has 1 saturated carbocycles. The molecular weight excluding hydrogens is 471 g/mol. The van der Waals surface area contributed by atoms with Crippen molar-refractivity contribution in [2.75, 3.05) is 19.0 Å². The predicted molar refractivity (Wildman–Crippen MR) is 131 cm³/mol. The first kappa shape index (κ1) is 25.2. The van der Waals surface area contributed by atoms with Crippen LogP contribution in [0.1, 0.15) is 71.9 Å². The van der Waals surface area contributed by atoms with Crippen molar-refractivity contribution >= 4 is 20.3 Å². The van der Waals surface area contributed by atoms with E-state index in [2.05, 4.69) is 21.9 Å². The first-order chi connectivity index (χ1) is 16.9. The fourth-order valence-electron chi connectivity index (χ4n) is 6.34. The number of aromatic nitrogens is 2. The summed E-state index contributed by atoms with van der Waals surface area (Å²) in [6, 6.07) is 1.98. The Hall–Kier alpha value is -1.42. The lowest BCUT2D eigenvalue weighted by Gasteiger charge is -2.34. The van der Waals surface area contributed by atoms with Gasteiger partial charge in [0.1, 0.15) is 18.0 Å². The van der Waals surface area contributed by atoms with E-state index in [0.717, 1.165) is 19.4 Å². The van der Waals surface area contributed by atoms with Crippen LogP contribution in [-0.4, -0.2) is 63.7 Å². The molecule has 0 aromatic carbocycles. The number of nitrogens with one attached hydrogen (secondary N) is 1. The Kier molecular flexibility index (Phi) is 7.32. The maximum atomic E-state index is 12.8. The lowest BCUT2D eigenvalue weighted by molar-refractivity contribution is -0.114. The molecule has 3 aliphatic heterocycles. The number of methoxy groups -OCH3 is 1. The van der Waals surface area contributed by atoms with Gasteiger partial charge in [-0.1, -0.05) is 19.8 Å². The predicted octanol–water partition coefficient (Wildman–Crippen LogP) is 3.58. The van der Waals surface area contributed by atoms with Gasteiger partial charge in [0.2, 0.25) is 5.91 Å². The summed E-state index contributed by atoms with van der Waals surface area (Å²) in [6.07, 6.45) is 7.78. The van der Waals surface area contributed by atoms with E-state index >= 15 is 0 Å². The smallest absolute Gasteiger partial charge is 0.351 e. The van der Waals surface area contributed by atoms with Crippen LogP contribution >= 0.6 is 8.53 Å². The molecule has 4 heterocycles. The van der Waals surface area contributed by atoms with Gasteiger partial charge in [0.05, 0.1) is 11.7 Å². The van der Waals surface area contributed by atoms with Crippen LogP contribution in [0.2, 0.25) is 0 Å². The standard InChI is InChI=1S/C24H37N4O6P/c1-5-17-20(21(31-4)22(32-17)27-14-12-19(25-15(2)29)26-23(27)30)33-35-28-13-8-11-18(28)24(3,34-35)16-9-6-7-10-16/h12,14,16-18,20-22H,5-11,13H2,1-4H3,(H,25,26,29,30)/t17-,18-,20?,21+,22-,24+,35-/m1/s1. The fraction of sp³-hybridized carbons (Fsp3) is 0.792. The summed E-state index contributed by atoms with van der Waals surface area (Å²) in [4.78, 5) is 28.1. The molecule has 3 saturated heterocycles. The third-order valence-corrected chi connectivity index (χ3v) is 9.99. The highest BCUT2D eigenvalue weighted by molar-refractivity contribution is 7.45. The van der Waals surface area contributed by atoms with E-state index in [-0.39, 0.29) is 29.5 Å². The Morgan fingerprint density at radius 2 is 2.06 bits per heavy atom. The Balaban J connectivity index is 1.37. The molecule has 11 heteroatoms. The molecule has 0 radical (unpaired) electrons. The number of carbonyl (C=O) groups is 1. The van der Waals surface area contributed by atoms with E-state index in [9.17, 15) is 9.59 Å². The van der Waals surface area contributed by atoms with Crippen LogP contribution in [0.25, 0.3) is 0 Å². The summed E-state index contributed by atoms with van der Waals surface area (Å²) in [5.41, 5.74) is -0.697. The molecule has 194 valence electrons. The average Bonchev–Trinajstić information content (AvgIpc) is 3.60. The number of anilines is 1. The normalized spacial score (nSPS) is 37.7. The molecule has 4 fully saturated rings. The van der Waals surface area contributed by atoms with E-state index in [4.69, 9.17) is 18.5 Å². The van der Waals surface area contributed by atoms with Gasteiger partial charge in [-0.05, 0) is 51.0 Å². The van der Waals surface area contributed by atoms with Gasteiger partial charge < -0.3 is 23.8 Å². The van der Waals surface area contributed by atoms with Crippen molar-refractivity contribution < 1.29 is 23.3 Å². The summed E-state index contributed by atoms with van der Waals surface area (Å²) in [6.45, 7) is 6.69. The van der Waals surface area contributed by atoms with Crippen molar-refractivity contribution in [1.82, 2.24) is 14.2 Å². The number of nitrogens with zero attached hydrogens (tertiary/aromatic N) is 3. The number of rotatable bonds is 7. The summed E-state index contributed by atoms with van der Waals surface area (Å²) in [7, 11) is 0.362. The van der Waals surface area contributed by atoms with Gasteiger partial charge in [0, 0.05) is 32.8 Å². The number of hydrogen-bond donors (Lipinski definition) is 1. The van der Waals surface area contributed by atoms with Gasteiger partial charge in [-0.3, -0.25) is 9.36 Å². The van der Waals surface area contributed by atoms with E-state index in [1.807, 2.05) is 6.92 Å². The molecule has 1 unspecified atom stereocenters. The second-order valence-corrected chi connectivity index (χ2v) is 11.6. The van der Waals surface area contributed by atoms with E-state index in [1.54, 1.807) is 19.4 Å². The number of amides is 1. The largest absolute Gasteiger partial charge is 0.374 e. The molecule has 1 aliphatic carbocycles. The van der Waals surface area contributed by atoms with Crippen molar-refractivity contribution in [3.05, 3.63) is 22.7 Å². The number of carbonyl (C=O) groups excluding carboxylic acids is 1. The Bertz CT molecular complexity index is 987. The summed E-state index contributed by atoms with van der Waals surface area (Å²) in [5.74, 6) is 0.494. The minimum atomic E-state index is -1.25. The highest BCUT2D eigenvalue weighted by Crippen LogP contribution is 2.64. The van der Waals surface area contributed by atoms with E-state index < -0.39 is 26.5 Å². The van der Waals surface area contributed by atoms with Crippen LogP contribution in [0.3, 0.4) is 0 Å². The second kappa shape index (κ2) is 10.1. The molecule has 1 N–H and O–H groups in total. The Morgan fingerprint density at radius 1 is 1.29 bits per heavy atom. The van der Waals surface area contributed by atoms with Gasteiger partial charge in [0.25, 0.3) is 8.53 Å². The molecule has 4 aliphatic rings. The van der Waals surface area contributed by atoms with Crippen LogP contribution in [0.15, 0.2) is 17.1 Å². The molecule has 0 spiro atoms. The van der Waals surface area contributed by atoms with Gasteiger partial charge in [-0.15, -0.1) is 0 Å². The van der Waals surface area contributed by atoms with Crippen LogP contribution in [-0.2, 0) is 23.3 Å². The van der Waals surface area contributed by atoms with Crippen LogP contribution in [0.4, 0.5) is 5.82 Å². The van der Waals surface area contributed by atoms with Crippen LogP contribution in [0, 0.1) is 5.92 Å². The van der Waals surface area contributed by atoms with E-state index in [0.29, 0.717) is 18.4 Å². The maximum absolute atomic E-state index is 12.8. The van der Waals surface area contributed by atoms with Crippen molar-refractivity contribution in [2.24, 2.45) is 5.92 Å². The van der Waals surface area contributed by atoms with Crippen LogP contribution in [0.5, 0.6) is 0 Å². The third kappa shape index (κ3) is 4.58. The maximum Gasteiger partial charge on any atom is 0.351 e. The zero-order chi connectivity index (χ0) is 24.7. The Labute approximate surface area is 207 Å². The summed E-state index contributed by atoms with van der Waals surface area (Å²) >= 11 is 0. The number of hydrogen-bond acceptors (Lipinski definition) is 8. The van der Waals surface area contributed by atoms with Crippen molar-refractivity contribution in [3.8, 4) is 0 Å². The minimum Gasteiger partial charge on any atom is -0.374 e. The van der Waals surface area contributed by atoms with E-state index in [1.165, 1.54) is 37.2 Å². The van der Waals surface area contributed by atoms with Crippen molar-refractivity contribution in [2.45, 2.75) is 102 Å². The SMILES string of the molecule is CC[C@H]1O[C@@H](n2ccc(NC(C)=O)nc2=O)[C@@H](OC)C1O[P@]1O[C@@](C)(C2CCCC2)[C@H]2CCCN21. The Morgan fingerprint density at radius 3 is 2.71 bits per heavy atom. The molecule has 0 bridgehead atoms. The summed E-state index contributed by atoms with van der Waals surface area (Å²) in [5, 5.41) is 2.54. The zero-order valence-electron chi connectivity index (χ0n) is 21.0. The molecular formula is C24H37N4O6P. The highest BCUT2D eigenvalue weighted by Gasteiger charge is 2.59. The molecule has 7 atom stereocenters. The first-order valence-corrected chi connectivity index (χ1v) is 14.0. The van der Waals surface area contributed by atoms with Gasteiger partial charge in [0.15, 0.2) is 6.23 Å². The van der Waals surface area contributed by atoms with Crippen molar-refractivity contribution in [3.63, 3.8) is 0 Å². The highest BCUT2D eigenvalue weighted by atomic mass is 31.2. The minimum absolute atomic E-state index is 0.178. The molecule has 1 aromatic heterocycles. The number of ether oxygens (including phenoxy) is 2. The molecule has 1 amide bonds. The van der Waals surface area contributed by atoms with Crippen LogP contribution < -0.4 is 11.0 Å². The lowest BCUT2D eigenvalue weighted by Crippen LogP contribution is -2.44. The van der Waals surface area contributed by atoms with Crippen molar-refractivity contribution in [1.29, 1.82) is 0 Å². The zero-order valence-corrected chi connectivity index (χ0v) is 21.9. The summed E-state index contributed by atoms with van der Waals surface area (Å²) < 4.78 is 29.6. The molecule has 35 heavy (non-hydrogen) atoms. The number of fused-ring (bicyclic) bond motifs is 1. The molecule has 5 rings (SSSR count). The lowest BCUT2D eigenvalue weighted by atomic mass is 9.81. The monoisotopic (exact) mass is 508 g/mol. The van der Waals surface area contributed by atoms with Gasteiger partial charge in [-0.25, -0.2) is 9.46 Å².